The zero-order valence-electron chi connectivity index (χ0n) is 18.6. The molecule has 0 unspecified atom stereocenters. The lowest BCUT2D eigenvalue weighted by Crippen LogP contribution is -2.60. The second kappa shape index (κ2) is 8.30. The van der Waals surface area contributed by atoms with Crippen molar-refractivity contribution in [3.63, 3.8) is 0 Å². The molecule has 2 aromatic heterocycles. The monoisotopic (exact) mass is 420 g/mol. The van der Waals surface area contributed by atoms with E-state index in [2.05, 4.69) is 70.2 Å². The van der Waals surface area contributed by atoms with Gasteiger partial charge in [-0.3, -0.25) is 4.79 Å². The van der Waals surface area contributed by atoms with Crippen LogP contribution in [0.15, 0.2) is 42.9 Å². The number of aromatic nitrogens is 3. The standard InChI is InChI=1S/C24H32N6O/c1-23(2,3)18-6-4-17(5-7-18)8-12-27-22(31)24(25)10-14-30(15-11-24)21-19-9-13-26-20(19)28-16-29-21/h4-7,9,13,16H,8,10-12,14-15,25H2,1-3H3,(H,27,31)(H,26,28,29). The summed E-state index contributed by atoms with van der Waals surface area (Å²) in [6, 6.07) is 10.6. The van der Waals surface area contributed by atoms with Gasteiger partial charge in [-0.15, -0.1) is 0 Å². The fraction of sp³-hybridized carbons (Fsp3) is 0.458. The Labute approximate surface area is 183 Å². The molecule has 3 aromatic rings. The van der Waals surface area contributed by atoms with Crippen molar-refractivity contribution in [1.82, 2.24) is 20.3 Å². The molecule has 0 saturated carbocycles. The number of fused-ring (bicyclic) bond motifs is 1. The first-order chi connectivity index (χ1) is 14.8. The van der Waals surface area contributed by atoms with Gasteiger partial charge in [0.2, 0.25) is 5.91 Å². The molecule has 1 fully saturated rings. The van der Waals surface area contributed by atoms with Crippen LogP contribution < -0.4 is 16.0 Å². The van der Waals surface area contributed by atoms with Crippen molar-refractivity contribution in [1.29, 1.82) is 0 Å². The quantitative estimate of drug-likeness (QED) is 0.589. The van der Waals surface area contributed by atoms with Gasteiger partial charge in [-0.1, -0.05) is 45.0 Å². The number of carbonyl (C=O) groups is 1. The van der Waals surface area contributed by atoms with E-state index in [1.165, 1.54) is 11.1 Å². The highest BCUT2D eigenvalue weighted by atomic mass is 16.2. The molecule has 3 heterocycles. The van der Waals surface area contributed by atoms with E-state index in [-0.39, 0.29) is 11.3 Å². The van der Waals surface area contributed by atoms with Crippen LogP contribution in [0.3, 0.4) is 0 Å². The van der Waals surface area contributed by atoms with Gasteiger partial charge in [0, 0.05) is 25.8 Å². The zero-order valence-corrected chi connectivity index (χ0v) is 18.6. The van der Waals surface area contributed by atoms with E-state index in [0.717, 1.165) is 23.3 Å². The molecule has 31 heavy (non-hydrogen) atoms. The molecular weight excluding hydrogens is 388 g/mol. The fourth-order valence-corrected chi connectivity index (χ4v) is 4.12. The summed E-state index contributed by atoms with van der Waals surface area (Å²) in [5.41, 5.74) is 9.17. The Morgan fingerprint density at radius 3 is 2.55 bits per heavy atom. The van der Waals surface area contributed by atoms with E-state index in [1.807, 2.05) is 12.3 Å². The van der Waals surface area contributed by atoms with Crippen molar-refractivity contribution in [3.05, 3.63) is 54.0 Å². The third-order valence-corrected chi connectivity index (χ3v) is 6.26. The first-order valence-electron chi connectivity index (χ1n) is 11.0. The summed E-state index contributed by atoms with van der Waals surface area (Å²) in [7, 11) is 0. The Kier molecular flexibility index (Phi) is 5.71. The number of H-pyrrole nitrogens is 1. The summed E-state index contributed by atoms with van der Waals surface area (Å²) >= 11 is 0. The Hall–Kier alpha value is -2.93. The number of rotatable bonds is 5. The molecule has 164 valence electrons. The number of nitrogens with two attached hydrogens (primary N) is 1. The van der Waals surface area contributed by atoms with E-state index in [9.17, 15) is 4.79 Å². The van der Waals surface area contributed by atoms with Gasteiger partial charge in [-0.2, -0.15) is 0 Å². The first kappa shape index (κ1) is 21.3. The van der Waals surface area contributed by atoms with Crippen LogP contribution in [-0.4, -0.2) is 46.0 Å². The lowest BCUT2D eigenvalue weighted by Gasteiger charge is -2.38. The van der Waals surface area contributed by atoms with Gasteiger partial charge in [0.05, 0.1) is 10.9 Å². The molecule has 4 rings (SSSR count). The van der Waals surface area contributed by atoms with Crippen LogP contribution in [0.25, 0.3) is 11.0 Å². The second-order valence-corrected chi connectivity index (χ2v) is 9.53. The highest BCUT2D eigenvalue weighted by Crippen LogP contribution is 2.28. The summed E-state index contributed by atoms with van der Waals surface area (Å²) in [4.78, 5) is 26.8. The average molecular weight is 421 g/mol. The second-order valence-electron chi connectivity index (χ2n) is 9.53. The molecule has 1 aliphatic heterocycles. The Morgan fingerprint density at radius 1 is 1.16 bits per heavy atom. The lowest BCUT2D eigenvalue weighted by molar-refractivity contribution is -0.127. The number of amides is 1. The number of anilines is 1. The molecule has 0 radical (unpaired) electrons. The largest absolute Gasteiger partial charge is 0.356 e. The SMILES string of the molecule is CC(C)(C)c1ccc(CCNC(=O)C2(N)CCN(c3ncnc4[nH]ccc34)CC2)cc1. The van der Waals surface area contributed by atoms with Crippen LogP contribution in [0.2, 0.25) is 0 Å². The van der Waals surface area contributed by atoms with Crippen molar-refractivity contribution < 1.29 is 4.79 Å². The molecule has 7 heteroatoms. The van der Waals surface area contributed by atoms with Crippen LogP contribution in [0, 0.1) is 0 Å². The Balaban J connectivity index is 1.30. The molecule has 7 nitrogen and oxygen atoms in total. The van der Waals surface area contributed by atoms with Gasteiger partial charge in [-0.05, 0) is 41.9 Å². The van der Waals surface area contributed by atoms with Crippen molar-refractivity contribution >= 4 is 22.8 Å². The molecule has 1 amide bonds. The van der Waals surface area contributed by atoms with Gasteiger partial charge in [0.15, 0.2) is 0 Å². The van der Waals surface area contributed by atoms with E-state index < -0.39 is 5.54 Å². The number of nitrogens with one attached hydrogen (secondary N) is 2. The van der Waals surface area contributed by atoms with Gasteiger partial charge in [-0.25, -0.2) is 9.97 Å². The van der Waals surface area contributed by atoms with Gasteiger partial charge < -0.3 is 20.9 Å². The highest BCUT2D eigenvalue weighted by molar-refractivity contribution is 5.88. The van der Waals surface area contributed by atoms with Crippen LogP contribution >= 0.6 is 0 Å². The maximum atomic E-state index is 12.8. The minimum absolute atomic E-state index is 0.0621. The fourth-order valence-electron chi connectivity index (χ4n) is 4.12. The molecule has 1 aromatic carbocycles. The van der Waals surface area contributed by atoms with Gasteiger partial charge in [0.25, 0.3) is 0 Å². The molecule has 4 N–H and O–H groups in total. The predicted octanol–water partition coefficient (Wildman–Crippen LogP) is 2.91. The predicted molar refractivity (Wildman–Crippen MR) is 124 cm³/mol. The van der Waals surface area contributed by atoms with E-state index in [0.29, 0.717) is 32.5 Å². The zero-order chi connectivity index (χ0) is 22.1. The number of nitrogens with zero attached hydrogens (tertiary/aromatic N) is 3. The minimum atomic E-state index is -0.836. The van der Waals surface area contributed by atoms with Crippen molar-refractivity contribution in [2.45, 2.75) is 51.0 Å². The lowest BCUT2D eigenvalue weighted by atomic mass is 9.86. The minimum Gasteiger partial charge on any atom is -0.356 e. The molecule has 1 aliphatic rings. The van der Waals surface area contributed by atoms with Crippen LogP contribution in [0.5, 0.6) is 0 Å². The topological polar surface area (TPSA) is 99.9 Å². The maximum absolute atomic E-state index is 12.8. The van der Waals surface area contributed by atoms with Crippen molar-refractivity contribution in [3.8, 4) is 0 Å². The van der Waals surface area contributed by atoms with Gasteiger partial charge in [0.1, 0.15) is 17.8 Å². The van der Waals surface area contributed by atoms with E-state index in [1.54, 1.807) is 6.33 Å². The summed E-state index contributed by atoms with van der Waals surface area (Å²) < 4.78 is 0. The summed E-state index contributed by atoms with van der Waals surface area (Å²) in [5, 5.41) is 4.05. The van der Waals surface area contributed by atoms with Gasteiger partial charge >= 0.3 is 0 Å². The first-order valence-corrected chi connectivity index (χ1v) is 11.0. The van der Waals surface area contributed by atoms with Crippen LogP contribution in [-0.2, 0) is 16.6 Å². The molecule has 1 saturated heterocycles. The molecular formula is C24H32N6O. The number of aromatic amines is 1. The van der Waals surface area contributed by atoms with Crippen molar-refractivity contribution in [2.24, 2.45) is 5.73 Å². The van der Waals surface area contributed by atoms with E-state index in [4.69, 9.17) is 5.73 Å². The molecule has 0 aliphatic carbocycles. The molecule has 0 bridgehead atoms. The summed E-state index contributed by atoms with van der Waals surface area (Å²) in [6.45, 7) is 8.59. The van der Waals surface area contributed by atoms with Crippen molar-refractivity contribution in [2.75, 3.05) is 24.5 Å². The Bertz CT molecular complexity index is 1040. The summed E-state index contributed by atoms with van der Waals surface area (Å²) in [5.74, 6) is 0.834. The highest BCUT2D eigenvalue weighted by Gasteiger charge is 2.38. The number of benzene rings is 1. The van der Waals surface area contributed by atoms with E-state index >= 15 is 0 Å². The Morgan fingerprint density at radius 2 is 1.87 bits per heavy atom. The average Bonchev–Trinajstić information content (AvgIpc) is 3.23. The van der Waals surface area contributed by atoms with Crippen LogP contribution in [0.4, 0.5) is 5.82 Å². The normalized spacial score (nSPS) is 16.5. The third-order valence-electron chi connectivity index (χ3n) is 6.26. The number of hydrogen-bond acceptors (Lipinski definition) is 5. The maximum Gasteiger partial charge on any atom is 0.240 e. The molecule has 0 spiro atoms. The summed E-state index contributed by atoms with van der Waals surface area (Å²) in [6.07, 6.45) is 5.41. The third kappa shape index (κ3) is 4.56. The number of hydrogen-bond donors (Lipinski definition) is 3. The molecule has 0 atom stereocenters. The smallest absolute Gasteiger partial charge is 0.240 e. The number of carbonyl (C=O) groups excluding carboxylic acids is 1. The number of piperidine rings is 1. The van der Waals surface area contributed by atoms with Crippen LogP contribution in [0.1, 0.15) is 44.7 Å².